The Morgan fingerprint density at radius 3 is 2.43 bits per heavy atom. The quantitative estimate of drug-likeness (QED) is 0.945. The minimum Gasteiger partial charge on any atom is -0.369 e. The normalized spacial score (nSPS) is 19.8. The number of benzene rings is 1. The number of hydrogen-bond donors (Lipinski definition) is 1. The van der Waals surface area contributed by atoms with Gasteiger partial charge in [0, 0.05) is 25.0 Å². The molecule has 0 spiro atoms. The van der Waals surface area contributed by atoms with E-state index in [1.165, 1.54) is 41.9 Å². The average molecular weight is 310 g/mol. The van der Waals surface area contributed by atoms with Gasteiger partial charge < -0.3 is 10.6 Å². The van der Waals surface area contributed by atoms with Gasteiger partial charge in [-0.2, -0.15) is 5.10 Å². The Morgan fingerprint density at radius 2 is 1.78 bits per heavy atom. The molecule has 2 heterocycles. The molecule has 2 aromatic rings. The number of piperidine rings is 1. The Kier molecular flexibility index (Phi) is 3.85. The zero-order valence-corrected chi connectivity index (χ0v) is 13.9. The fraction of sp³-hybridized carbons (Fsp3) is 0.526. The van der Waals surface area contributed by atoms with Gasteiger partial charge >= 0.3 is 0 Å². The third-order valence-corrected chi connectivity index (χ3v) is 5.50. The number of aryl methyl sites for hydroxylation is 1. The van der Waals surface area contributed by atoms with Crippen LogP contribution in [0, 0.1) is 6.92 Å². The third kappa shape index (κ3) is 2.65. The van der Waals surface area contributed by atoms with E-state index in [0.29, 0.717) is 12.0 Å². The van der Waals surface area contributed by atoms with Crippen LogP contribution in [0.2, 0.25) is 0 Å². The first-order chi connectivity index (χ1) is 11.2. The maximum Gasteiger partial charge on any atom is 0.0792 e. The van der Waals surface area contributed by atoms with Crippen molar-refractivity contribution in [1.29, 1.82) is 0 Å². The van der Waals surface area contributed by atoms with Crippen molar-refractivity contribution in [3.05, 3.63) is 41.7 Å². The highest BCUT2D eigenvalue weighted by atomic mass is 15.3. The molecule has 2 N–H and O–H groups in total. The lowest BCUT2D eigenvalue weighted by Gasteiger charge is -2.35. The van der Waals surface area contributed by atoms with E-state index in [2.05, 4.69) is 47.0 Å². The molecule has 0 unspecified atom stereocenters. The lowest BCUT2D eigenvalue weighted by Crippen LogP contribution is -2.40. The van der Waals surface area contributed by atoms with Crippen LogP contribution >= 0.6 is 0 Å². The summed E-state index contributed by atoms with van der Waals surface area (Å²) >= 11 is 0. The first-order valence-corrected chi connectivity index (χ1v) is 8.88. The van der Waals surface area contributed by atoms with Crippen molar-refractivity contribution in [2.45, 2.75) is 51.0 Å². The minimum atomic E-state index is 0.366. The second kappa shape index (κ2) is 6.00. The van der Waals surface area contributed by atoms with E-state index >= 15 is 0 Å². The fourth-order valence-electron chi connectivity index (χ4n) is 3.79. The summed E-state index contributed by atoms with van der Waals surface area (Å²) in [7, 11) is 0. The topological polar surface area (TPSA) is 47.1 Å². The molecule has 4 rings (SSSR count). The van der Waals surface area contributed by atoms with Crippen LogP contribution < -0.4 is 10.6 Å². The summed E-state index contributed by atoms with van der Waals surface area (Å²) < 4.78 is 2.20. The molecule has 2 fully saturated rings. The summed E-state index contributed by atoms with van der Waals surface area (Å²) in [5.41, 5.74) is 11.3. The van der Waals surface area contributed by atoms with E-state index in [1.54, 1.807) is 0 Å². The largest absolute Gasteiger partial charge is 0.369 e. The van der Waals surface area contributed by atoms with Crippen LogP contribution in [0.15, 0.2) is 30.5 Å². The van der Waals surface area contributed by atoms with Gasteiger partial charge in [-0.1, -0.05) is 24.6 Å². The highest BCUT2D eigenvalue weighted by Gasteiger charge is 2.30. The Balaban J connectivity index is 1.74. The van der Waals surface area contributed by atoms with Crippen LogP contribution in [-0.2, 0) is 0 Å². The zero-order valence-electron chi connectivity index (χ0n) is 13.9. The molecule has 1 aromatic carbocycles. The molecule has 0 bridgehead atoms. The van der Waals surface area contributed by atoms with E-state index < -0.39 is 0 Å². The number of nitrogens with two attached hydrogens (primary N) is 1. The molecule has 1 aliphatic heterocycles. The number of hydrogen-bond acceptors (Lipinski definition) is 3. The first-order valence-electron chi connectivity index (χ1n) is 8.88. The molecule has 1 saturated carbocycles. The highest BCUT2D eigenvalue weighted by Crippen LogP contribution is 2.42. The molecule has 1 aromatic heterocycles. The molecule has 0 amide bonds. The molecule has 0 atom stereocenters. The monoisotopic (exact) mass is 310 g/mol. The van der Waals surface area contributed by atoms with Crippen molar-refractivity contribution >= 4 is 5.69 Å². The molecule has 122 valence electrons. The van der Waals surface area contributed by atoms with Gasteiger partial charge in [0.25, 0.3) is 0 Å². The van der Waals surface area contributed by atoms with Crippen molar-refractivity contribution in [3.63, 3.8) is 0 Å². The summed E-state index contributed by atoms with van der Waals surface area (Å²) in [6.07, 6.45) is 8.17. The van der Waals surface area contributed by atoms with Crippen LogP contribution in [0.4, 0.5) is 5.69 Å². The van der Waals surface area contributed by atoms with Gasteiger partial charge in [-0.3, -0.25) is 0 Å². The van der Waals surface area contributed by atoms with E-state index in [0.717, 1.165) is 25.9 Å². The minimum absolute atomic E-state index is 0.366. The predicted molar refractivity (Wildman–Crippen MR) is 94.3 cm³/mol. The maximum atomic E-state index is 6.08. The molecule has 4 heteroatoms. The number of anilines is 1. The second-order valence-corrected chi connectivity index (χ2v) is 7.07. The van der Waals surface area contributed by atoms with Crippen molar-refractivity contribution in [2.24, 2.45) is 5.73 Å². The summed E-state index contributed by atoms with van der Waals surface area (Å²) in [5.74, 6) is 0.655. The van der Waals surface area contributed by atoms with E-state index in [1.807, 2.05) is 0 Å². The van der Waals surface area contributed by atoms with Crippen molar-refractivity contribution in [3.8, 4) is 5.69 Å². The third-order valence-electron chi connectivity index (χ3n) is 5.50. The van der Waals surface area contributed by atoms with Crippen LogP contribution in [0.5, 0.6) is 0 Å². The van der Waals surface area contributed by atoms with Gasteiger partial charge in [0.05, 0.1) is 23.3 Å². The molecule has 1 saturated heterocycles. The number of aromatic nitrogens is 2. The van der Waals surface area contributed by atoms with E-state index in [9.17, 15) is 0 Å². The second-order valence-electron chi connectivity index (χ2n) is 7.07. The molecule has 2 aliphatic rings. The van der Waals surface area contributed by atoms with Gasteiger partial charge in [0.15, 0.2) is 0 Å². The first kappa shape index (κ1) is 14.8. The van der Waals surface area contributed by atoms with Gasteiger partial charge in [0.2, 0.25) is 0 Å². The number of para-hydroxylation sites is 1. The van der Waals surface area contributed by atoms with Crippen LogP contribution in [0.25, 0.3) is 5.69 Å². The Bertz CT molecular complexity index is 678. The van der Waals surface area contributed by atoms with Gasteiger partial charge in [0.1, 0.15) is 0 Å². The maximum absolute atomic E-state index is 6.08. The number of nitrogens with zero attached hydrogens (tertiary/aromatic N) is 3. The molecule has 23 heavy (non-hydrogen) atoms. The number of rotatable bonds is 3. The molecular weight excluding hydrogens is 284 g/mol. The summed E-state index contributed by atoms with van der Waals surface area (Å²) in [4.78, 5) is 2.50. The summed E-state index contributed by atoms with van der Waals surface area (Å²) in [5, 5.41) is 4.79. The standard InChI is InChI=1S/C19H26N4/c1-14-5-2-3-8-17(14)23-19(15-6-4-7-15)18(13-21-23)22-11-9-16(20)10-12-22/h2-3,5,8,13,15-16H,4,6-7,9-12,20H2,1H3. The van der Waals surface area contributed by atoms with E-state index in [-0.39, 0.29) is 0 Å². The molecular formula is C19H26N4. The van der Waals surface area contributed by atoms with Gasteiger partial charge in [-0.25, -0.2) is 4.68 Å². The Labute approximate surface area is 138 Å². The summed E-state index contributed by atoms with van der Waals surface area (Å²) in [6.45, 7) is 4.28. The fourth-order valence-corrected chi connectivity index (χ4v) is 3.79. The lowest BCUT2D eigenvalue weighted by molar-refractivity contribution is 0.401. The van der Waals surface area contributed by atoms with E-state index in [4.69, 9.17) is 10.8 Å². The lowest BCUT2D eigenvalue weighted by atomic mass is 9.82. The summed E-state index contributed by atoms with van der Waals surface area (Å²) in [6, 6.07) is 8.92. The van der Waals surface area contributed by atoms with Crippen molar-refractivity contribution in [1.82, 2.24) is 9.78 Å². The Morgan fingerprint density at radius 1 is 1.04 bits per heavy atom. The predicted octanol–water partition coefficient (Wildman–Crippen LogP) is 3.38. The van der Waals surface area contributed by atoms with Crippen LogP contribution in [0.1, 0.15) is 49.3 Å². The SMILES string of the molecule is Cc1ccccc1-n1ncc(N2CCC(N)CC2)c1C1CCC1. The smallest absolute Gasteiger partial charge is 0.0792 e. The Hall–Kier alpha value is -1.81. The van der Waals surface area contributed by atoms with Gasteiger partial charge in [-0.15, -0.1) is 0 Å². The zero-order chi connectivity index (χ0) is 15.8. The van der Waals surface area contributed by atoms with Crippen molar-refractivity contribution in [2.75, 3.05) is 18.0 Å². The van der Waals surface area contributed by atoms with Crippen molar-refractivity contribution < 1.29 is 0 Å². The van der Waals surface area contributed by atoms with Crippen LogP contribution in [-0.4, -0.2) is 28.9 Å². The molecule has 0 radical (unpaired) electrons. The average Bonchev–Trinajstić information content (AvgIpc) is 2.91. The molecule has 4 nitrogen and oxygen atoms in total. The van der Waals surface area contributed by atoms with Crippen LogP contribution in [0.3, 0.4) is 0 Å². The van der Waals surface area contributed by atoms with Gasteiger partial charge in [-0.05, 0) is 44.2 Å². The molecule has 1 aliphatic carbocycles. The highest BCUT2D eigenvalue weighted by molar-refractivity contribution is 5.56.